The van der Waals surface area contributed by atoms with Gasteiger partial charge in [-0.2, -0.15) is 5.10 Å². The summed E-state index contributed by atoms with van der Waals surface area (Å²) in [6.07, 6.45) is 1.08. The standard InChI is InChI=1S/C18H25FN4O/c1-13-17(9-10-18(24)20-11-12-22(3)4)14(2)23(21-13)16-7-5-15(19)6-8-16/h5-8H,9-12H2,1-4H3,(H,20,24). The fourth-order valence-electron chi connectivity index (χ4n) is 2.62. The number of benzene rings is 1. The van der Waals surface area contributed by atoms with Crippen molar-refractivity contribution in [3.05, 3.63) is 47.0 Å². The number of carbonyl (C=O) groups excluding carboxylic acids is 1. The molecule has 1 aromatic carbocycles. The van der Waals surface area contributed by atoms with Gasteiger partial charge in [-0.3, -0.25) is 4.79 Å². The highest BCUT2D eigenvalue weighted by molar-refractivity contribution is 5.76. The summed E-state index contributed by atoms with van der Waals surface area (Å²) in [6.45, 7) is 5.39. The van der Waals surface area contributed by atoms with Gasteiger partial charge in [-0.15, -0.1) is 0 Å². The molecule has 0 fully saturated rings. The Balaban J connectivity index is 2.01. The van der Waals surface area contributed by atoms with Gasteiger partial charge in [0, 0.05) is 25.2 Å². The Morgan fingerprint density at radius 1 is 1.25 bits per heavy atom. The van der Waals surface area contributed by atoms with E-state index >= 15 is 0 Å². The molecule has 0 atom stereocenters. The van der Waals surface area contributed by atoms with Crippen LogP contribution >= 0.6 is 0 Å². The van der Waals surface area contributed by atoms with Gasteiger partial charge in [0.25, 0.3) is 0 Å². The Morgan fingerprint density at radius 2 is 1.92 bits per heavy atom. The van der Waals surface area contributed by atoms with Gasteiger partial charge in [-0.05, 0) is 64.2 Å². The summed E-state index contributed by atoms with van der Waals surface area (Å²) in [5.41, 5.74) is 3.78. The molecule has 5 nitrogen and oxygen atoms in total. The van der Waals surface area contributed by atoms with Crippen molar-refractivity contribution in [2.45, 2.75) is 26.7 Å². The van der Waals surface area contributed by atoms with E-state index in [-0.39, 0.29) is 11.7 Å². The van der Waals surface area contributed by atoms with Crippen molar-refractivity contribution < 1.29 is 9.18 Å². The second kappa shape index (κ2) is 8.06. The smallest absolute Gasteiger partial charge is 0.220 e. The van der Waals surface area contributed by atoms with E-state index in [2.05, 4.69) is 10.4 Å². The van der Waals surface area contributed by atoms with E-state index in [1.807, 2.05) is 32.8 Å². The van der Waals surface area contributed by atoms with Crippen LogP contribution in [0, 0.1) is 19.7 Å². The van der Waals surface area contributed by atoms with Crippen LogP contribution in [-0.2, 0) is 11.2 Å². The average molecular weight is 332 g/mol. The van der Waals surface area contributed by atoms with Crippen LogP contribution in [0.15, 0.2) is 24.3 Å². The lowest BCUT2D eigenvalue weighted by atomic mass is 10.1. The van der Waals surface area contributed by atoms with Gasteiger partial charge in [0.1, 0.15) is 5.82 Å². The molecule has 0 saturated heterocycles. The third kappa shape index (κ3) is 4.64. The predicted octanol–water partition coefficient (Wildman–Crippen LogP) is 2.24. The third-order valence-corrected chi connectivity index (χ3v) is 4.00. The molecular formula is C18H25FN4O. The van der Waals surface area contributed by atoms with Crippen LogP contribution in [0.25, 0.3) is 5.69 Å². The number of rotatable bonds is 7. The first-order valence-corrected chi connectivity index (χ1v) is 8.11. The number of nitrogens with one attached hydrogen (secondary N) is 1. The predicted molar refractivity (Wildman–Crippen MR) is 92.9 cm³/mol. The molecule has 0 aliphatic heterocycles. The fraction of sp³-hybridized carbons (Fsp3) is 0.444. The third-order valence-electron chi connectivity index (χ3n) is 4.00. The number of hydrogen-bond acceptors (Lipinski definition) is 3. The minimum atomic E-state index is -0.269. The van der Waals surface area contributed by atoms with Crippen molar-refractivity contribution >= 4 is 5.91 Å². The number of halogens is 1. The minimum absolute atomic E-state index is 0.0465. The first-order valence-electron chi connectivity index (χ1n) is 8.11. The minimum Gasteiger partial charge on any atom is -0.355 e. The monoisotopic (exact) mass is 332 g/mol. The molecule has 24 heavy (non-hydrogen) atoms. The summed E-state index contributed by atoms with van der Waals surface area (Å²) in [5, 5.41) is 7.45. The zero-order valence-electron chi connectivity index (χ0n) is 14.8. The van der Waals surface area contributed by atoms with Gasteiger partial charge >= 0.3 is 0 Å². The molecule has 130 valence electrons. The highest BCUT2D eigenvalue weighted by Crippen LogP contribution is 2.19. The average Bonchev–Trinajstić information content (AvgIpc) is 2.80. The molecule has 0 spiro atoms. The molecule has 0 bridgehead atoms. The van der Waals surface area contributed by atoms with E-state index in [1.165, 1.54) is 12.1 Å². The Morgan fingerprint density at radius 3 is 2.54 bits per heavy atom. The molecule has 0 aliphatic carbocycles. The highest BCUT2D eigenvalue weighted by atomic mass is 19.1. The second-order valence-electron chi connectivity index (χ2n) is 6.19. The zero-order chi connectivity index (χ0) is 17.7. The van der Waals surface area contributed by atoms with Crippen molar-refractivity contribution in [3.63, 3.8) is 0 Å². The fourth-order valence-corrected chi connectivity index (χ4v) is 2.62. The number of likely N-dealkylation sites (N-methyl/N-ethyl adjacent to an activating group) is 1. The van der Waals surface area contributed by atoms with E-state index in [0.717, 1.165) is 29.2 Å². The molecule has 1 heterocycles. The second-order valence-corrected chi connectivity index (χ2v) is 6.19. The summed E-state index contributed by atoms with van der Waals surface area (Å²) in [4.78, 5) is 14.0. The molecular weight excluding hydrogens is 307 g/mol. The molecule has 2 rings (SSSR count). The summed E-state index contributed by atoms with van der Waals surface area (Å²) < 4.78 is 14.9. The number of hydrogen-bond donors (Lipinski definition) is 1. The van der Waals surface area contributed by atoms with Crippen LogP contribution in [0.5, 0.6) is 0 Å². The Kier molecular flexibility index (Phi) is 6.09. The van der Waals surface area contributed by atoms with Crippen LogP contribution in [0.4, 0.5) is 4.39 Å². The topological polar surface area (TPSA) is 50.2 Å². The quantitative estimate of drug-likeness (QED) is 0.846. The maximum absolute atomic E-state index is 13.1. The van der Waals surface area contributed by atoms with Crippen molar-refractivity contribution in [2.24, 2.45) is 0 Å². The molecule has 1 amide bonds. The van der Waals surface area contributed by atoms with Gasteiger partial charge in [-0.1, -0.05) is 0 Å². The van der Waals surface area contributed by atoms with Crippen LogP contribution in [0.2, 0.25) is 0 Å². The largest absolute Gasteiger partial charge is 0.355 e. The summed E-state index contributed by atoms with van der Waals surface area (Å²) in [6, 6.07) is 6.24. The molecule has 1 N–H and O–H groups in total. The first-order chi connectivity index (χ1) is 11.4. The normalized spacial score (nSPS) is 11.1. The number of carbonyl (C=O) groups is 1. The Bertz CT molecular complexity index is 692. The van der Waals surface area contributed by atoms with Crippen molar-refractivity contribution in [1.29, 1.82) is 0 Å². The van der Waals surface area contributed by atoms with Crippen molar-refractivity contribution in [1.82, 2.24) is 20.0 Å². The molecule has 1 aromatic heterocycles. The van der Waals surface area contributed by atoms with Crippen molar-refractivity contribution in [3.8, 4) is 5.69 Å². The van der Waals surface area contributed by atoms with E-state index in [1.54, 1.807) is 16.8 Å². The number of aryl methyl sites for hydroxylation is 1. The lowest BCUT2D eigenvalue weighted by molar-refractivity contribution is -0.121. The Labute approximate surface area is 142 Å². The van der Waals surface area contributed by atoms with Crippen molar-refractivity contribution in [2.75, 3.05) is 27.2 Å². The van der Waals surface area contributed by atoms with Gasteiger partial charge < -0.3 is 10.2 Å². The van der Waals surface area contributed by atoms with E-state index < -0.39 is 0 Å². The van der Waals surface area contributed by atoms with Crippen LogP contribution in [-0.4, -0.2) is 47.8 Å². The number of nitrogens with zero attached hydrogens (tertiary/aromatic N) is 3. The maximum atomic E-state index is 13.1. The number of aromatic nitrogens is 2. The van der Waals surface area contributed by atoms with E-state index in [0.29, 0.717) is 19.4 Å². The van der Waals surface area contributed by atoms with Gasteiger partial charge in [-0.25, -0.2) is 9.07 Å². The molecule has 2 aromatic rings. The molecule has 0 radical (unpaired) electrons. The van der Waals surface area contributed by atoms with Gasteiger partial charge in [0.2, 0.25) is 5.91 Å². The summed E-state index contributed by atoms with van der Waals surface area (Å²) in [5.74, 6) is -0.222. The van der Waals surface area contributed by atoms with Gasteiger partial charge in [0.15, 0.2) is 0 Å². The lowest BCUT2D eigenvalue weighted by Gasteiger charge is -2.10. The first kappa shape index (κ1) is 18.1. The van der Waals surface area contributed by atoms with E-state index in [4.69, 9.17) is 0 Å². The van der Waals surface area contributed by atoms with Crippen LogP contribution in [0.3, 0.4) is 0 Å². The summed E-state index contributed by atoms with van der Waals surface area (Å²) in [7, 11) is 3.95. The zero-order valence-corrected chi connectivity index (χ0v) is 14.8. The maximum Gasteiger partial charge on any atom is 0.220 e. The van der Waals surface area contributed by atoms with Crippen LogP contribution in [0.1, 0.15) is 23.4 Å². The van der Waals surface area contributed by atoms with Crippen LogP contribution < -0.4 is 5.32 Å². The van der Waals surface area contributed by atoms with Gasteiger partial charge in [0.05, 0.1) is 11.4 Å². The number of amides is 1. The molecule has 0 unspecified atom stereocenters. The Hall–Kier alpha value is -2.21. The molecule has 0 saturated carbocycles. The molecule has 6 heteroatoms. The lowest BCUT2D eigenvalue weighted by Crippen LogP contribution is -2.31. The molecule has 0 aliphatic rings. The summed E-state index contributed by atoms with van der Waals surface area (Å²) >= 11 is 0. The highest BCUT2D eigenvalue weighted by Gasteiger charge is 2.14. The van der Waals surface area contributed by atoms with E-state index in [9.17, 15) is 9.18 Å². The SMILES string of the molecule is Cc1nn(-c2ccc(F)cc2)c(C)c1CCC(=O)NCCN(C)C.